The molecule has 1 amide bonds. The second kappa shape index (κ2) is 5.65. The highest BCUT2D eigenvalue weighted by Gasteiger charge is 2.29. The predicted molar refractivity (Wildman–Crippen MR) is 81.0 cm³/mol. The van der Waals surface area contributed by atoms with E-state index < -0.39 is 0 Å². The van der Waals surface area contributed by atoms with Crippen LogP contribution in [0.25, 0.3) is 0 Å². The minimum atomic E-state index is 0.146. The number of carbonyl (C=O) groups is 1. The molecule has 1 aromatic rings. The van der Waals surface area contributed by atoms with E-state index in [-0.39, 0.29) is 11.8 Å². The summed E-state index contributed by atoms with van der Waals surface area (Å²) in [5.74, 6) is 1.17. The maximum atomic E-state index is 12.0. The SMILES string of the molecule is C=CC1CC(=O)N(c2ccc(N3CCCCC3)cn2)C1. The van der Waals surface area contributed by atoms with Crippen LogP contribution in [-0.2, 0) is 4.79 Å². The van der Waals surface area contributed by atoms with E-state index in [9.17, 15) is 4.79 Å². The van der Waals surface area contributed by atoms with Gasteiger partial charge in [0.2, 0.25) is 5.91 Å². The molecule has 3 heterocycles. The third kappa shape index (κ3) is 2.55. The molecule has 2 aliphatic rings. The predicted octanol–water partition coefficient (Wildman–Crippen LogP) is 2.61. The van der Waals surface area contributed by atoms with Crippen molar-refractivity contribution in [3.8, 4) is 0 Å². The average molecular weight is 271 g/mol. The molecule has 4 nitrogen and oxygen atoms in total. The van der Waals surface area contributed by atoms with E-state index in [1.807, 2.05) is 18.3 Å². The second-order valence-corrected chi connectivity index (χ2v) is 5.63. The monoisotopic (exact) mass is 271 g/mol. The van der Waals surface area contributed by atoms with Crippen LogP contribution in [0.5, 0.6) is 0 Å². The zero-order chi connectivity index (χ0) is 13.9. The molecular weight excluding hydrogens is 250 g/mol. The molecule has 2 fully saturated rings. The van der Waals surface area contributed by atoms with Gasteiger partial charge in [-0.1, -0.05) is 6.08 Å². The van der Waals surface area contributed by atoms with Crippen molar-refractivity contribution >= 4 is 17.4 Å². The number of nitrogens with zero attached hydrogens (tertiary/aromatic N) is 3. The molecule has 2 saturated heterocycles. The normalized spacial score (nSPS) is 23.2. The maximum absolute atomic E-state index is 12.0. The Kier molecular flexibility index (Phi) is 3.72. The lowest BCUT2D eigenvalue weighted by molar-refractivity contribution is -0.117. The van der Waals surface area contributed by atoms with E-state index >= 15 is 0 Å². The zero-order valence-corrected chi connectivity index (χ0v) is 11.8. The summed E-state index contributed by atoms with van der Waals surface area (Å²) in [5.41, 5.74) is 1.17. The minimum Gasteiger partial charge on any atom is -0.370 e. The van der Waals surface area contributed by atoms with Crippen LogP contribution in [0.15, 0.2) is 31.0 Å². The van der Waals surface area contributed by atoms with E-state index in [2.05, 4.69) is 22.5 Å². The van der Waals surface area contributed by atoms with Gasteiger partial charge >= 0.3 is 0 Å². The van der Waals surface area contributed by atoms with Gasteiger partial charge in [0.25, 0.3) is 0 Å². The Labute approximate surface area is 120 Å². The van der Waals surface area contributed by atoms with Gasteiger partial charge in [-0.25, -0.2) is 4.98 Å². The number of hydrogen-bond acceptors (Lipinski definition) is 3. The van der Waals surface area contributed by atoms with Gasteiger partial charge in [-0.15, -0.1) is 6.58 Å². The van der Waals surface area contributed by atoms with Crippen molar-refractivity contribution in [1.29, 1.82) is 0 Å². The minimum absolute atomic E-state index is 0.146. The number of anilines is 2. The van der Waals surface area contributed by atoms with Crippen molar-refractivity contribution in [2.24, 2.45) is 5.92 Å². The number of hydrogen-bond donors (Lipinski definition) is 0. The summed E-state index contributed by atoms with van der Waals surface area (Å²) < 4.78 is 0. The Hall–Kier alpha value is -1.84. The zero-order valence-electron chi connectivity index (χ0n) is 11.8. The van der Waals surface area contributed by atoms with E-state index in [0.717, 1.165) is 18.9 Å². The van der Waals surface area contributed by atoms with Crippen LogP contribution in [0.2, 0.25) is 0 Å². The number of pyridine rings is 1. The first-order valence-corrected chi connectivity index (χ1v) is 7.42. The van der Waals surface area contributed by atoms with Gasteiger partial charge in [-0.3, -0.25) is 9.69 Å². The van der Waals surface area contributed by atoms with Crippen molar-refractivity contribution in [3.63, 3.8) is 0 Å². The number of aromatic nitrogens is 1. The molecule has 3 rings (SSSR count). The van der Waals surface area contributed by atoms with E-state index in [4.69, 9.17) is 0 Å². The van der Waals surface area contributed by atoms with Gasteiger partial charge in [-0.05, 0) is 31.4 Å². The molecule has 2 aliphatic heterocycles. The topological polar surface area (TPSA) is 36.4 Å². The van der Waals surface area contributed by atoms with E-state index in [1.54, 1.807) is 4.90 Å². The molecule has 1 aromatic heterocycles. The highest BCUT2D eigenvalue weighted by atomic mass is 16.2. The van der Waals surface area contributed by atoms with Crippen LogP contribution in [0, 0.1) is 5.92 Å². The summed E-state index contributed by atoms with van der Waals surface area (Å²) in [6.07, 6.45) is 8.15. The molecule has 1 atom stereocenters. The number of rotatable bonds is 3. The highest BCUT2D eigenvalue weighted by Crippen LogP contribution is 2.26. The summed E-state index contributed by atoms with van der Waals surface area (Å²) in [7, 11) is 0. The Morgan fingerprint density at radius 3 is 2.65 bits per heavy atom. The molecule has 4 heteroatoms. The van der Waals surface area contributed by atoms with Crippen LogP contribution in [-0.4, -0.2) is 30.5 Å². The first-order valence-electron chi connectivity index (χ1n) is 7.42. The summed E-state index contributed by atoms with van der Waals surface area (Å²) in [5, 5.41) is 0. The van der Waals surface area contributed by atoms with E-state index in [1.165, 1.54) is 24.9 Å². The first kappa shape index (κ1) is 13.2. The fourth-order valence-electron chi connectivity index (χ4n) is 2.99. The molecule has 1 unspecified atom stereocenters. The Bertz CT molecular complexity index is 491. The lowest BCUT2D eigenvalue weighted by atomic mass is 10.1. The standard InChI is InChI=1S/C16H21N3O/c1-2-13-10-16(20)19(12-13)15-7-6-14(11-17-15)18-8-4-3-5-9-18/h2,6-7,11,13H,1,3-5,8-10,12H2. The summed E-state index contributed by atoms with van der Waals surface area (Å²) in [6.45, 7) is 6.71. The molecule has 0 aromatic carbocycles. The highest BCUT2D eigenvalue weighted by molar-refractivity contribution is 5.95. The van der Waals surface area contributed by atoms with Crippen LogP contribution in [0.1, 0.15) is 25.7 Å². The molecule has 0 saturated carbocycles. The molecule has 0 spiro atoms. The second-order valence-electron chi connectivity index (χ2n) is 5.63. The Morgan fingerprint density at radius 2 is 2.05 bits per heavy atom. The maximum Gasteiger partial charge on any atom is 0.228 e. The van der Waals surface area contributed by atoms with Gasteiger partial charge < -0.3 is 4.90 Å². The van der Waals surface area contributed by atoms with Crippen molar-refractivity contribution < 1.29 is 4.79 Å². The van der Waals surface area contributed by atoms with Gasteiger partial charge in [0.1, 0.15) is 5.82 Å². The third-order valence-corrected chi connectivity index (χ3v) is 4.22. The molecule has 0 radical (unpaired) electrons. The quantitative estimate of drug-likeness (QED) is 0.793. The van der Waals surface area contributed by atoms with Gasteiger partial charge in [0.05, 0.1) is 11.9 Å². The van der Waals surface area contributed by atoms with Crippen molar-refractivity contribution in [2.45, 2.75) is 25.7 Å². The number of carbonyl (C=O) groups excluding carboxylic acids is 1. The van der Waals surface area contributed by atoms with Crippen LogP contribution < -0.4 is 9.80 Å². The lowest BCUT2D eigenvalue weighted by Gasteiger charge is -2.28. The van der Waals surface area contributed by atoms with E-state index in [0.29, 0.717) is 13.0 Å². The third-order valence-electron chi connectivity index (χ3n) is 4.22. The molecule has 20 heavy (non-hydrogen) atoms. The smallest absolute Gasteiger partial charge is 0.228 e. The van der Waals surface area contributed by atoms with Gasteiger partial charge in [0, 0.05) is 32.0 Å². The first-order chi connectivity index (χ1) is 9.78. The molecule has 0 bridgehead atoms. The van der Waals surface area contributed by atoms with Crippen LogP contribution in [0.4, 0.5) is 11.5 Å². The number of amides is 1. The number of piperidine rings is 1. The van der Waals surface area contributed by atoms with Gasteiger partial charge in [0.15, 0.2) is 0 Å². The van der Waals surface area contributed by atoms with Crippen molar-refractivity contribution in [2.75, 3.05) is 29.4 Å². The molecule has 0 N–H and O–H groups in total. The largest absolute Gasteiger partial charge is 0.370 e. The Balaban J connectivity index is 1.72. The fourth-order valence-corrected chi connectivity index (χ4v) is 2.99. The molecular formula is C16H21N3O. The van der Waals surface area contributed by atoms with Gasteiger partial charge in [-0.2, -0.15) is 0 Å². The molecule has 106 valence electrons. The molecule has 0 aliphatic carbocycles. The van der Waals surface area contributed by atoms with Crippen molar-refractivity contribution in [1.82, 2.24) is 4.98 Å². The van der Waals surface area contributed by atoms with Crippen LogP contribution >= 0.6 is 0 Å². The Morgan fingerprint density at radius 1 is 1.25 bits per heavy atom. The lowest BCUT2D eigenvalue weighted by Crippen LogP contribution is -2.30. The van der Waals surface area contributed by atoms with Crippen molar-refractivity contribution in [3.05, 3.63) is 31.0 Å². The average Bonchev–Trinajstić information content (AvgIpc) is 2.89. The summed E-state index contributed by atoms with van der Waals surface area (Å²) >= 11 is 0. The summed E-state index contributed by atoms with van der Waals surface area (Å²) in [4.78, 5) is 20.6. The fraction of sp³-hybridized carbons (Fsp3) is 0.500. The summed E-state index contributed by atoms with van der Waals surface area (Å²) in [6, 6.07) is 4.05. The van der Waals surface area contributed by atoms with Crippen LogP contribution in [0.3, 0.4) is 0 Å².